The second-order valence-electron chi connectivity index (χ2n) is 3.43. The van der Waals surface area contributed by atoms with Gasteiger partial charge in [-0.3, -0.25) is 4.79 Å². The minimum absolute atomic E-state index is 0. The number of nitrogens with one attached hydrogen (secondary N) is 2. The summed E-state index contributed by atoms with van der Waals surface area (Å²) in [5.41, 5.74) is 0.940. The highest BCUT2D eigenvalue weighted by Crippen LogP contribution is 2.15. The molecule has 4 nitrogen and oxygen atoms in total. The SMILES string of the molecule is CNCCC(=O)NC(C)c1csc(C)n1.Cl.Cl. The molecule has 0 fully saturated rings. The lowest BCUT2D eigenvalue weighted by Crippen LogP contribution is -2.29. The van der Waals surface area contributed by atoms with Crippen LogP contribution in [0.1, 0.15) is 30.1 Å². The summed E-state index contributed by atoms with van der Waals surface area (Å²) in [7, 11) is 1.83. The molecule has 0 aromatic carbocycles. The van der Waals surface area contributed by atoms with Crippen molar-refractivity contribution in [1.82, 2.24) is 15.6 Å². The van der Waals surface area contributed by atoms with Gasteiger partial charge in [-0.1, -0.05) is 0 Å². The van der Waals surface area contributed by atoms with Crippen LogP contribution < -0.4 is 10.6 Å². The molecule has 1 amide bonds. The third-order valence-corrected chi connectivity index (χ3v) is 2.85. The van der Waals surface area contributed by atoms with Gasteiger partial charge in [-0.05, 0) is 20.9 Å². The first-order valence-electron chi connectivity index (χ1n) is 4.99. The van der Waals surface area contributed by atoms with E-state index in [4.69, 9.17) is 0 Å². The smallest absolute Gasteiger partial charge is 0.221 e. The van der Waals surface area contributed by atoms with Crippen molar-refractivity contribution in [3.63, 3.8) is 0 Å². The number of carbonyl (C=O) groups is 1. The van der Waals surface area contributed by atoms with Gasteiger partial charge in [0.05, 0.1) is 16.7 Å². The van der Waals surface area contributed by atoms with E-state index in [1.165, 1.54) is 0 Å². The molecule has 1 atom stereocenters. The van der Waals surface area contributed by atoms with E-state index in [1.807, 2.05) is 26.3 Å². The molecular formula is C10H19Cl2N3OS. The van der Waals surface area contributed by atoms with E-state index in [2.05, 4.69) is 15.6 Å². The number of thiazole rings is 1. The van der Waals surface area contributed by atoms with Crippen molar-refractivity contribution in [3.8, 4) is 0 Å². The molecule has 17 heavy (non-hydrogen) atoms. The van der Waals surface area contributed by atoms with Gasteiger partial charge in [0.25, 0.3) is 0 Å². The zero-order chi connectivity index (χ0) is 11.3. The van der Waals surface area contributed by atoms with Crippen LogP contribution in [0.2, 0.25) is 0 Å². The Morgan fingerprint density at radius 3 is 2.65 bits per heavy atom. The summed E-state index contributed by atoms with van der Waals surface area (Å²) in [5.74, 6) is 0.0579. The quantitative estimate of drug-likeness (QED) is 0.875. The third kappa shape index (κ3) is 6.83. The van der Waals surface area contributed by atoms with Crippen LogP contribution in [0, 0.1) is 6.92 Å². The standard InChI is InChI=1S/C10H17N3OS.2ClH/c1-7(9-6-15-8(2)13-9)12-10(14)4-5-11-3;;/h6-7,11H,4-5H2,1-3H3,(H,12,14);2*1H. The van der Waals surface area contributed by atoms with E-state index >= 15 is 0 Å². The summed E-state index contributed by atoms with van der Waals surface area (Å²) in [6.07, 6.45) is 0.504. The van der Waals surface area contributed by atoms with Crippen molar-refractivity contribution in [2.24, 2.45) is 0 Å². The van der Waals surface area contributed by atoms with Crippen LogP contribution in [-0.4, -0.2) is 24.5 Å². The number of aromatic nitrogens is 1. The Morgan fingerprint density at radius 1 is 1.53 bits per heavy atom. The molecular weight excluding hydrogens is 281 g/mol. The lowest BCUT2D eigenvalue weighted by atomic mass is 10.2. The van der Waals surface area contributed by atoms with Crippen molar-refractivity contribution in [2.75, 3.05) is 13.6 Å². The summed E-state index contributed by atoms with van der Waals surface area (Å²) >= 11 is 1.60. The van der Waals surface area contributed by atoms with E-state index in [9.17, 15) is 4.79 Å². The number of hydrogen-bond donors (Lipinski definition) is 2. The first kappa shape index (κ1) is 19.0. The van der Waals surface area contributed by atoms with Gasteiger partial charge in [0, 0.05) is 18.3 Å². The maximum Gasteiger partial charge on any atom is 0.221 e. The van der Waals surface area contributed by atoms with Gasteiger partial charge in [0.2, 0.25) is 5.91 Å². The van der Waals surface area contributed by atoms with Crippen LogP contribution in [0.5, 0.6) is 0 Å². The highest BCUT2D eigenvalue weighted by molar-refractivity contribution is 7.09. The topological polar surface area (TPSA) is 54.0 Å². The van der Waals surface area contributed by atoms with Crippen molar-refractivity contribution in [3.05, 3.63) is 16.1 Å². The number of halogens is 2. The van der Waals surface area contributed by atoms with Gasteiger partial charge in [0.15, 0.2) is 0 Å². The lowest BCUT2D eigenvalue weighted by molar-refractivity contribution is -0.121. The van der Waals surface area contributed by atoms with Crippen molar-refractivity contribution in [2.45, 2.75) is 26.3 Å². The molecule has 0 saturated heterocycles. The van der Waals surface area contributed by atoms with Gasteiger partial charge in [-0.2, -0.15) is 0 Å². The van der Waals surface area contributed by atoms with Crippen molar-refractivity contribution in [1.29, 1.82) is 0 Å². The highest BCUT2D eigenvalue weighted by atomic mass is 35.5. The molecule has 0 saturated carbocycles. The molecule has 7 heteroatoms. The molecule has 0 bridgehead atoms. The first-order valence-corrected chi connectivity index (χ1v) is 5.87. The highest BCUT2D eigenvalue weighted by Gasteiger charge is 2.11. The van der Waals surface area contributed by atoms with E-state index < -0.39 is 0 Å². The molecule has 0 aliphatic carbocycles. The van der Waals surface area contributed by atoms with Crippen LogP contribution in [0.25, 0.3) is 0 Å². The zero-order valence-electron chi connectivity index (χ0n) is 10.1. The van der Waals surface area contributed by atoms with Gasteiger partial charge < -0.3 is 10.6 Å². The Labute approximate surface area is 118 Å². The Morgan fingerprint density at radius 2 is 2.18 bits per heavy atom. The fourth-order valence-electron chi connectivity index (χ4n) is 1.21. The van der Waals surface area contributed by atoms with Crippen LogP contribution in [0.3, 0.4) is 0 Å². The Hall–Kier alpha value is -0.360. The minimum Gasteiger partial charge on any atom is -0.348 e. The summed E-state index contributed by atoms with van der Waals surface area (Å²) in [4.78, 5) is 15.7. The average Bonchev–Trinajstić information content (AvgIpc) is 2.61. The number of hydrogen-bond acceptors (Lipinski definition) is 4. The maximum absolute atomic E-state index is 11.4. The molecule has 1 unspecified atom stereocenters. The Bertz CT molecular complexity index is 333. The molecule has 1 rings (SSSR count). The number of aryl methyl sites for hydroxylation is 1. The van der Waals surface area contributed by atoms with E-state index in [0.717, 1.165) is 10.7 Å². The summed E-state index contributed by atoms with van der Waals surface area (Å²) in [6, 6.07) is -0.000642. The number of amides is 1. The molecule has 1 aromatic heterocycles. The summed E-state index contributed by atoms with van der Waals surface area (Å²) in [6.45, 7) is 4.62. The normalized spacial score (nSPS) is 11.0. The van der Waals surface area contributed by atoms with Crippen LogP contribution >= 0.6 is 36.2 Å². The second-order valence-corrected chi connectivity index (χ2v) is 4.50. The molecule has 2 N–H and O–H groups in total. The van der Waals surface area contributed by atoms with E-state index in [0.29, 0.717) is 13.0 Å². The number of carbonyl (C=O) groups excluding carboxylic acids is 1. The lowest BCUT2D eigenvalue weighted by Gasteiger charge is -2.11. The summed E-state index contributed by atoms with van der Waals surface area (Å²) in [5, 5.41) is 8.86. The third-order valence-electron chi connectivity index (χ3n) is 2.06. The molecule has 0 aliphatic heterocycles. The Kier molecular flexibility index (Phi) is 10.8. The van der Waals surface area contributed by atoms with Crippen LogP contribution in [0.15, 0.2) is 5.38 Å². The van der Waals surface area contributed by atoms with E-state index in [1.54, 1.807) is 11.3 Å². The second kappa shape index (κ2) is 9.65. The molecule has 100 valence electrons. The minimum atomic E-state index is -0.000642. The van der Waals surface area contributed by atoms with Crippen molar-refractivity contribution >= 4 is 42.1 Å². The molecule has 0 aliphatic rings. The van der Waals surface area contributed by atoms with Gasteiger partial charge in [-0.15, -0.1) is 36.2 Å². The fraction of sp³-hybridized carbons (Fsp3) is 0.600. The number of nitrogens with zero attached hydrogens (tertiary/aromatic N) is 1. The largest absolute Gasteiger partial charge is 0.348 e. The average molecular weight is 300 g/mol. The molecule has 0 spiro atoms. The van der Waals surface area contributed by atoms with E-state index in [-0.39, 0.29) is 36.8 Å². The maximum atomic E-state index is 11.4. The monoisotopic (exact) mass is 299 g/mol. The summed E-state index contributed by atoms with van der Waals surface area (Å²) < 4.78 is 0. The Balaban J connectivity index is 0. The molecule has 1 heterocycles. The van der Waals surface area contributed by atoms with Crippen LogP contribution in [0.4, 0.5) is 0 Å². The predicted octanol–water partition coefficient (Wildman–Crippen LogP) is 2.08. The van der Waals surface area contributed by atoms with Crippen molar-refractivity contribution < 1.29 is 4.79 Å². The zero-order valence-corrected chi connectivity index (χ0v) is 12.6. The van der Waals surface area contributed by atoms with Gasteiger partial charge >= 0.3 is 0 Å². The number of rotatable bonds is 5. The van der Waals surface area contributed by atoms with Gasteiger partial charge in [-0.25, -0.2) is 4.98 Å². The van der Waals surface area contributed by atoms with Gasteiger partial charge in [0.1, 0.15) is 0 Å². The van der Waals surface area contributed by atoms with Crippen LogP contribution in [-0.2, 0) is 4.79 Å². The fourth-order valence-corrected chi connectivity index (χ4v) is 1.91. The predicted molar refractivity (Wildman–Crippen MR) is 76.4 cm³/mol. The first-order chi connectivity index (χ1) is 7.13. The molecule has 1 aromatic rings. The molecule has 0 radical (unpaired) electrons.